The summed E-state index contributed by atoms with van der Waals surface area (Å²) in [4.78, 5) is 10.9. The quantitative estimate of drug-likeness (QED) is 0.581. The SMILES string of the molecule is CCCCO.CN(C)C=O.O. The summed E-state index contributed by atoms with van der Waals surface area (Å²) in [6.45, 7) is 2.40. The number of carbonyl (C=O) groups is 1. The van der Waals surface area contributed by atoms with Crippen molar-refractivity contribution >= 4 is 6.41 Å². The Morgan fingerprint density at radius 3 is 1.82 bits per heavy atom. The molecule has 0 atom stereocenters. The van der Waals surface area contributed by atoms with Crippen molar-refractivity contribution in [1.29, 1.82) is 0 Å². The Bertz CT molecular complexity index is 64.7. The molecule has 70 valence electrons. The monoisotopic (exact) mass is 165 g/mol. The molecule has 0 saturated carbocycles. The maximum Gasteiger partial charge on any atom is 0.209 e. The largest absolute Gasteiger partial charge is 0.412 e. The van der Waals surface area contributed by atoms with Crippen molar-refractivity contribution in [3.8, 4) is 0 Å². The van der Waals surface area contributed by atoms with Gasteiger partial charge in [-0.3, -0.25) is 4.79 Å². The lowest BCUT2D eigenvalue weighted by molar-refractivity contribution is -0.115. The summed E-state index contributed by atoms with van der Waals surface area (Å²) in [5.41, 5.74) is 0. The molecule has 0 aromatic carbocycles. The highest BCUT2D eigenvalue weighted by Gasteiger charge is 1.69. The lowest BCUT2D eigenvalue weighted by Gasteiger charge is -1.93. The topological polar surface area (TPSA) is 72.0 Å². The van der Waals surface area contributed by atoms with Crippen molar-refractivity contribution in [2.24, 2.45) is 0 Å². The molecule has 0 aliphatic heterocycles. The van der Waals surface area contributed by atoms with Crippen LogP contribution in [0.1, 0.15) is 19.8 Å². The van der Waals surface area contributed by atoms with E-state index >= 15 is 0 Å². The second-order valence-corrected chi connectivity index (χ2v) is 2.15. The summed E-state index contributed by atoms with van der Waals surface area (Å²) >= 11 is 0. The second kappa shape index (κ2) is 16.2. The normalized spacial score (nSPS) is 6.91. The predicted octanol–water partition coefficient (Wildman–Crippen LogP) is -0.342. The number of hydrogen-bond donors (Lipinski definition) is 1. The van der Waals surface area contributed by atoms with Gasteiger partial charge in [0.1, 0.15) is 0 Å². The molecule has 0 spiro atoms. The van der Waals surface area contributed by atoms with Gasteiger partial charge in [-0.25, -0.2) is 0 Å². The minimum atomic E-state index is 0. The number of unbranched alkanes of at least 4 members (excludes halogenated alkanes) is 1. The molecule has 11 heavy (non-hydrogen) atoms. The fourth-order valence-corrected chi connectivity index (χ4v) is 0.158. The fourth-order valence-electron chi connectivity index (χ4n) is 0.158. The van der Waals surface area contributed by atoms with Crippen molar-refractivity contribution in [3.05, 3.63) is 0 Å². The van der Waals surface area contributed by atoms with Crippen molar-refractivity contribution in [1.82, 2.24) is 4.90 Å². The third-order valence-electron chi connectivity index (χ3n) is 0.722. The number of rotatable bonds is 3. The van der Waals surface area contributed by atoms with Crippen molar-refractivity contribution < 1.29 is 15.4 Å². The standard InChI is InChI=1S/C4H10O.C3H7NO.H2O/c1-2-3-4-5;1-4(2)3-5;/h5H,2-4H2,1H3;3H,1-2H3;1H2. The molecule has 0 heterocycles. The minimum absolute atomic E-state index is 0. The molecule has 4 heteroatoms. The first-order valence-electron chi connectivity index (χ1n) is 3.41. The molecule has 4 nitrogen and oxygen atoms in total. The van der Waals surface area contributed by atoms with E-state index in [4.69, 9.17) is 5.11 Å². The van der Waals surface area contributed by atoms with Crippen LogP contribution in [0.5, 0.6) is 0 Å². The first-order chi connectivity index (χ1) is 4.68. The van der Waals surface area contributed by atoms with Gasteiger partial charge in [-0.2, -0.15) is 0 Å². The number of nitrogens with zero attached hydrogens (tertiary/aromatic N) is 1. The lowest BCUT2D eigenvalue weighted by atomic mass is 10.4. The highest BCUT2D eigenvalue weighted by Crippen LogP contribution is 1.78. The second-order valence-electron chi connectivity index (χ2n) is 2.15. The highest BCUT2D eigenvalue weighted by atomic mass is 16.2. The third kappa shape index (κ3) is 44.6. The average Bonchev–Trinajstić information content (AvgIpc) is 1.91. The lowest BCUT2D eigenvalue weighted by Crippen LogP contribution is -2.06. The summed E-state index contributed by atoms with van der Waals surface area (Å²) in [6.07, 6.45) is 2.79. The molecule has 0 saturated heterocycles. The predicted molar refractivity (Wildman–Crippen MR) is 45.4 cm³/mol. The maximum atomic E-state index is 9.43. The number of hydrogen-bond acceptors (Lipinski definition) is 2. The molecule has 0 radical (unpaired) electrons. The molecular formula is C7H19NO3. The van der Waals surface area contributed by atoms with Gasteiger partial charge in [0, 0.05) is 20.7 Å². The highest BCUT2D eigenvalue weighted by molar-refractivity contribution is 5.45. The Kier molecular flexibility index (Phi) is 24.7. The van der Waals surface area contributed by atoms with Gasteiger partial charge in [-0.15, -0.1) is 0 Å². The zero-order valence-electron chi connectivity index (χ0n) is 7.50. The van der Waals surface area contributed by atoms with Crippen LogP contribution in [0.3, 0.4) is 0 Å². The molecule has 0 unspecified atom stereocenters. The average molecular weight is 165 g/mol. The van der Waals surface area contributed by atoms with Crippen LogP contribution < -0.4 is 0 Å². The molecule has 0 aliphatic carbocycles. The first-order valence-corrected chi connectivity index (χ1v) is 3.41. The molecule has 0 aliphatic rings. The molecule has 0 fully saturated rings. The Labute approximate surface area is 68.1 Å². The molecule has 1 amide bonds. The van der Waals surface area contributed by atoms with E-state index in [-0.39, 0.29) is 5.48 Å². The van der Waals surface area contributed by atoms with Crippen molar-refractivity contribution in [3.63, 3.8) is 0 Å². The van der Waals surface area contributed by atoms with Gasteiger partial charge in [-0.1, -0.05) is 13.3 Å². The zero-order valence-corrected chi connectivity index (χ0v) is 7.50. The molecule has 0 aromatic rings. The summed E-state index contributed by atoms with van der Waals surface area (Å²) in [5, 5.41) is 8.07. The first kappa shape index (κ1) is 16.8. The van der Waals surface area contributed by atoms with Crippen LogP contribution in [0.4, 0.5) is 0 Å². The van der Waals surface area contributed by atoms with E-state index in [9.17, 15) is 4.79 Å². The van der Waals surface area contributed by atoms with Gasteiger partial charge in [-0.05, 0) is 6.42 Å². The van der Waals surface area contributed by atoms with Crippen LogP contribution in [0.2, 0.25) is 0 Å². The van der Waals surface area contributed by atoms with Gasteiger partial charge in [0.05, 0.1) is 0 Å². The van der Waals surface area contributed by atoms with Crippen LogP contribution in [-0.2, 0) is 4.79 Å². The summed E-state index contributed by atoms with van der Waals surface area (Å²) < 4.78 is 0. The minimum Gasteiger partial charge on any atom is -0.412 e. The summed E-state index contributed by atoms with van der Waals surface area (Å²) in [7, 11) is 3.38. The van der Waals surface area contributed by atoms with Crippen LogP contribution >= 0.6 is 0 Å². The van der Waals surface area contributed by atoms with Gasteiger partial charge >= 0.3 is 0 Å². The number of carbonyl (C=O) groups excluding carboxylic acids is 1. The van der Waals surface area contributed by atoms with E-state index in [2.05, 4.69) is 6.92 Å². The van der Waals surface area contributed by atoms with E-state index in [1.54, 1.807) is 14.1 Å². The van der Waals surface area contributed by atoms with Crippen LogP contribution in [0.25, 0.3) is 0 Å². The Balaban J connectivity index is -0.000000107. The number of aliphatic hydroxyl groups is 1. The third-order valence-corrected chi connectivity index (χ3v) is 0.722. The van der Waals surface area contributed by atoms with Gasteiger partial charge in [0.25, 0.3) is 0 Å². The van der Waals surface area contributed by atoms with E-state index in [1.165, 1.54) is 4.90 Å². The summed E-state index contributed by atoms with van der Waals surface area (Å²) in [6, 6.07) is 0. The van der Waals surface area contributed by atoms with Gasteiger partial charge in [0.15, 0.2) is 0 Å². The van der Waals surface area contributed by atoms with E-state index in [0.717, 1.165) is 19.3 Å². The smallest absolute Gasteiger partial charge is 0.209 e. The van der Waals surface area contributed by atoms with Gasteiger partial charge < -0.3 is 15.5 Å². The van der Waals surface area contributed by atoms with Crippen molar-refractivity contribution in [2.75, 3.05) is 20.7 Å². The van der Waals surface area contributed by atoms with Gasteiger partial charge in [0.2, 0.25) is 6.41 Å². The van der Waals surface area contributed by atoms with Crippen molar-refractivity contribution in [2.45, 2.75) is 19.8 Å². The maximum absolute atomic E-state index is 9.43. The Morgan fingerprint density at radius 1 is 1.45 bits per heavy atom. The number of aliphatic hydroxyl groups excluding tert-OH is 1. The molecule has 0 rings (SSSR count). The zero-order chi connectivity index (χ0) is 8.41. The summed E-state index contributed by atoms with van der Waals surface area (Å²) in [5.74, 6) is 0. The van der Waals surface area contributed by atoms with Crippen LogP contribution in [0.15, 0.2) is 0 Å². The number of amides is 1. The van der Waals surface area contributed by atoms with E-state index < -0.39 is 0 Å². The molecular weight excluding hydrogens is 146 g/mol. The Morgan fingerprint density at radius 2 is 1.82 bits per heavy atom. The van der Waals surface area contributed by atoms with E-state index in [1.807, 2.05) is 0 Å². The van der Waals surface area contributed by atoms with E-state index in [0.29, 0.717) is 6.61 Å². The molecule has 3 N–H and O–H groups in total. The fraction of sp³-hybridized carbons (Fsp3) is 0.857. The van der Waals surface area contributed by atoms with Crippen LogP contribution in [0, 0.1) is 0 Å². The van der Waals surface area contributed by atoms with Crippen LogP contribution in [-0.4, -0.2) is 42.6 Å². The molecule has 0 bridgehead atoms. The Hall–Kier alpha value is -0.610. The molecule has 0 aromatic heterocycles.